The van der Waals surface area contributed by atoms with Crippen LogP contribution in [-0.4, -0.2) is 28.1 Å². The predicted octanol–water partition coefficient (Wildman–Crippen LogP) is 5.47. The molecule has 0 bridgehead atoms. The minimum atomic E-state index is -0.365. The highest BCUT2D eigenvalue weighted by Crippen LogP contribution is 2.32. The van der Waals surface area contributed by atoms with Crippen LogP contribution < -0.4 is 0 Å². The zero-order chi connectivity index (χ0) is 21.3. The summed E-state index contributed by atoms with van der Waals surface area (Å²) in [6.45, 7) is 2.09. The Balaban J connectivity index is 1.77. The molecule has 0 atom stereocenters. The molecule has 1 aliphatic rings. The van der Waals surface area contributed by atoms with Crippen LogP contribution in [-0.2, 0) is 17.6 Å². The molecule has 0 amide bonds. The molecule has 7 heteroatoms. The lowest BCUT2D eigenvalue weighted by Crippen LogP contribution is -2.09. The number of carbonyl (C=O) groups is 2. The monoisotopic (exact) mass is 442 g/mol. The number of carbonyl (C=O) groups excluding carboxylic acids is 2. The van der Waals surface area contributed by atoms with Crippen LogP contribution in [0.25, 0.3) is 5.69 Å². The molecule has 0 unspecified atom stereocenters. The minimum absolute atomic E-state index is 0.273. The summed E-state index contributed by atoms with van der Waals surface area (Å²) in [5.74, 6) is -0.638. The Bertz CT molecular complexity index is 1100. The lowest BCUT2D eigenvalue weighted by Gasteiger charge is -2.14. The third-order valence-electron chi connectivity index (χ3n) is 5.21. The number of halogens is 2. The smallest absolute Gasteiger partial charge is 0.338 e. The van der Waals surface area contributed by atoms with Crippen LogP contribution in [0.1, 0.15) is 57.4 Å². The average Bonchev–Trinajstić information content (AvgIpc) is 3.13. The summed E-state index contributed by atoms with van der Waals surface area (Å²) in [7, 11) is 0. The van der Waals surface area contributed by atoms with Gasteiger partial charge >= 0.3 is 5.97 Å². The maximum absolute atomic E-state index is 13.3. The standard InChI is InChI=1S/C23H20Cl2N2O3/c1-2-30-23(29)14-10-12-15(13-11-14)27-19-9-4-3-6-16(19)21(26-27)22(28)20-17(24)7-5-8-18(20)25/h5,7-8,10-13H,2-4,6,9H2,1H3. The Morgan fingerprint density at radius 1 is 1.03 bits per heavy atom. The van der Waals surface area contributed by atoms with Crippen LogP contribution in [0.15, 0.2) is 42.5 Å². The van der Waals surface area contributed by atoms with E-state index in [1.807, 2.05) is 12.1 Å². The Hall–Kier alpha value is -2.63. The van der Waals surface area contributed by atoms with E-state index in [0.717, 1.165) is 42.6 Å². The van der Waals surface area contributed by atoms with E-state index in [4.69, 9.17) is 27.9 Å². The molecular weight excluding hydrogens is 423 g/mol. The Kier molecular flexibility index (Phi) is 5.93. The van der Waals surface area contributed by atoms with Crippen molar-refractivity contribution in [3.05, 3.63) is 80.6 Å². The van der Waals surface area contributed by atoms with Gasteiger partial charge in [-0.1, -0.05) is 29.3 Å². The van der Waals surface area contributed by atoms with Crippen LogP contribution in [0.4, 0.5) is 0 Å². The molecule has 0 spiro atoms. The number of rotatable bonds is 5. The van der Waals surface area contributed by atoms with Crippen LogP contribution >= 0.6 is 23.2 Å². The maximum atomic E-state index is 13.3. The molecule has 0 N–H and O–H groups in total. The van der Waals surface area contributed by atoms with E-state index in [-0.39, 0.29) is 17.3 Å². The van der Waals surface area contributed by atoms with Gasteiger partial charge in [0.2, 0.25) is 5.78 Å². The van der Waals surface area contributed by atoms with Gasteiger partial charge in [0.15, 0.2) is 0 Å². The van der Waals surface area contributed by atoms with E-state index in [9.17, 15) is 9.59 Å². The first-order valence-electron chi connectivity index (χ1n) is 9.88. The Morgan fingerprint density at radius 2 is 1.70 bits per heavy atom. The fraction of sp³-hybridized carbons (Fsp3) is 0.261. The first-order valence-corrected chi connectivity index (χ1v) is 10.6. The van der Waals surface area contributed by atoms with Crippen molar-refractivity contribution in [1.82, 2.24) is 9.78 Å². The summed E-state index contributed by atoms with van der Waals surface area (Å²) in [5, 5.41) is 5.29. The first kappa shape index (κ1) is 20.6. The second-order valence-corrected chi connectivity index (χ2v) is 7.90. The highest BCUT2D eigenvalue weighted by molar-refractivity contribution is 6.40. The molecule has 2 aromatic carbocycles. The summed E-state index contributed by atoms with van der Waals surface area (Å²) in [6.07, 6.45) is 3.63. The Labute approximate surface area is 184 Å². The topological polar surface area (TPSA) is 61.2 Å². The molecule has 0 saturated carbocycles. The zero-order valence-corrected chi connectivity index (χ0v) is 18.0. The number of fused-ring (bicyclic) bond motifs is 1. The number of ether oxygens (including phenoxy) is 1. The quantitative estimate of drug-likeness (QED) is 0.388. The third kappa shape index (κ3) is 3.75. The fourth-order valence-electron chi connectivity index (χ4n) is 3.78. The van der Waals surface area contributed by atoms with Crippen molar-refractivity contribution in [3.63, 3.8) is 0 Å². The van der Waals surface area contributed by atoms with Crippen molar-refractivity contribution >= 4 is 35.0 Å². The summed E-state index contributed by atoms with van der Waals surface area (Å²) < 4.78 is 6.83. The van der Waals surface area contributed by atoms with Gasteiger partial charge in [-0.15, -0.1) is 0 Å². The lowest BCUT2D eigenvalue weighted by atomic mass is 9.93. The van der Waals surface area contributed by atoms with Gasteiger partial charge in [-0.05, 0) is 69.0 Å². The molecule has 30 heavy (non-hydrogen) atoms. The molecule has 4 rings (SSSR count). The number of aromatic nitrogens is 2. The van der Waals surface area contributed by atoms with Gasteiger partial charge in [-0.25, -0.2) is 9.48 Å². The van der Waals surface area contributed by atoms with Crippen LogP contribution in [0.2, 0.25) is 10.0 Å². The van der Waals surface area contributed by atoms with E-state index in [1.165, 1.54) is 0 Å². The molecule has 1 aliphatic carbocycles. The van der Waals surface area contributed by atoms with Crippen molar-refractivity contribution in [3.8, 4) is 5.69 Å². The molecule has 0 aliphatic heterocycles. The normalized spacial score (nSPS) is 13.0. The number of hydrogen-bond acceptors (Lipinski definition) is 4. The molecule has 1 heterocycles. The third-order valence-corrected chi connectivity index (χ3v) is 5.84. The van der Waals surface area contributed by atoms with E-state index in [2.05, 4.69) is 5.10 Å². The number of nitrogens with zero attached hydrogens (tertiary/aromatic N) is 2. The number of benzene rings is 2. The Morgan fingerprint density at radius 3 is 2.37 bits per heavy atom. The molecule has 0 fully saturated rings. The van der Waals surface area contributed by atoms with Gasteiger partial charge in [0.25, 0.3) is 0 Å². The van der Waals surface area contributed by atoms with Crippen LogP contribution in [0.5, 0.6) is 0 Å². The van der Waals surface area contributed by atoms with E-state index >= 15 is 0 Å². The van der Waals surface area contributed by atoms with Crippen molar-refractivity contribution in [2.45, 2.75) is 32.6 Å². The van der Waals surface area contributed by atoms with Gasteiger partial charge in [-0.3, -0.25) is 4.79 Å². The summed E-state index contributed by atoms with van der Waals surface area (Å²) >= 11 is 12.5. The second kappa shape index (κ2) is 8.62. The van der Waals surface area contributed by atoms with Crippen molar-refractivity contribution < 1.29 is 14.3 Å². The maximum Gasteiger partial charge on any atom is 0.338 e. The number of hydrogen-bond donors (Lipinski definition) is 0. The fourth-order valence-corrected chi connectivity index (χ4v) is 4.35. The highest BCUT2D eigenvalue weighted by atomic mass is 35.5. The lowest BCUT2D eigenvalue weighted by molar-refractivity contribution is 0.0526. The van der Waals surface area contributed by atoms with E-state index < -0.39 is 0 Å². The second-order valence-electron chi connectivity index (χ2n) is 7.09. The molecule has 0 saturated heterocycles. The molecule has 0 radical (unpaired) electrons. The predicted molar refractivity (Wildman–Crippen MR) is 116 cm³/mol. The number of esters is 1. The SMILES string of the molecule is CCOC(=O)c1ccc(-n2nc(C(=O)c3c(Cl)cccc3Cl)c3c2CCCC3)cc1. The molecule has 154 valence electrons. The molecular formula is C23H20Cl2N2O3. The molecule has 3 aromatic rings. The van der Waals surface area contributed by atoms with Gasteiger partial charge < -0.3 is 4.74 Å². The summed E-state index contributed by atoms with van der Waals surface area (Å²) in [5.41, 5.74) is 3.87. The molecule has 5 nitrogen and oxygen atoms in total. The molecule has 1 aromatic heterocycles. The highest BCUT2D eigenvalue weighted by Gasteiger charge is 2.28. The van der Waals surface area contributed by atoms with Crippen LogP contribution in [0, 0.1) is 0 Å². The van der Waals surface area contributed by atoms with Gasteiger partial charge in [-0.2, -0.15) is 5.10 Å². The zero-order valence-electron chi connectivity index (χ0n) is 16.5. The largest absolute Gasteiger partial charge is 0.462 e. The van der Waals surface area contributed by atoms with Crippen molar-refractivity contribution in [1.29, 1.82) is 0 Å². The first-order chi connectivity index (χ1) is 14.5. The van der Waals surface area contributed by atoms with E-state index in [1.54, 1.807) is 41.9 Å². The summed E-state index contributed by atoms with van der Waals surface area (Å²) in [6, 6.07) is 12.0. The van der Waals surface area contributed by atoms with Gasteiger partial charge in [0.05, 0.1) is 33.5 Å². The number of ketones is 1. The van der Waals surface area contributed by atoms with Gasteiger partial charge in [0.1, 0.15) is 5.69 Å². The summed E-state index contributed by atoms with van der Waals surface area (Å²) in [4.78, 5) is 25.2. The minimum Gasteiger partial charge on any atom is -0.462 e. The van der Waals surface area contributed by atoms with E-state index in [0.29, 0.717) is 27.9 Å². The van der Waals surface area contributed by atoms with Crippen LogP contribution in [0.3, 0.4) is 0 Å². The van der Waals surface area contributed by atoms with Crippen molar-refractivity contribution in [2.24, 2.45) is 0 Å². The average molecular weight is 443 g/mol. The van der Waals surface area contributed by atoms with Crippen molar-refractivity contribution in [2.75, 3.05) is 6.61 Å². The van der Waals surface area contributed by atoms with Gasteiger partial charge in [0, 0.05) is 11.3 Å².